The lowest BCUT2D eigenvalue weighted by molar-refractivity contribution is -0.389. The molecule has 1 N–H and O–H groups in total. The molecule has 0 fully saturated rings. The molecule has 0 aliphatic rings. The quantitative estimate of drug-likeness (QED) is 0.524. The van der Waals surface area contributed by atoms with E-state index in [-0.39, 0.29) is 10.9 Å². The zero-order valence-electron chi connectivity index (χ0n) is 7.17. The van der Waals surface area contributed by atoms with Crippen molar-refractivity contribution in [2.75, 3.05) is 0 Å². The molecule has 1 aromatic rings. The molecule has 0 aliphatic carbocycles. The molecule has 0 aromatic carbocycles. The highest BCUT2D eigenvalue weighted by Gasteiger charge is 2.22. The van der Waals surface area contributed by atoms with Crippen LogP contribution < -0.4 is 5.43 Å². The zero-order valence-corrected chi connectivity index (χ0v) is 8.75. The Hall–Kier alpha value is -1.31. The Morgan fingerprint density at radius 1 is 1.60 bits per heavy atom. The van der Waals surface area contributed by atoms with Gasteiger partial charge in [0.15, 0.2) is 11.1 Å². The van der Waals surface area contributed by atoms with Crippen molar-refractivity contribution in [3.63, 3.8) is 0 Å². The predicted molar refractivity (Wildman–Crippen MR) is 51.3 cm³/mol. The molecule has 0 atom stereocenters. The molecule has 1 heterocycles. The van der Waals surface area contributed by atoms with E-state index in [0.29, 0.717) is 6.07 Å². The van der Waals surface area contributed by atoms with Gasteiger partial charge in [0.2, 0.25) is 0 Å². The number of hydrogen-bond acceptors (Lipinski definition) is 3. The fraction of sp³-hybridized carbons (Fsp3) is 0.286. The van der Waals surface area contributed by atoms with Gasteiger partial charge in [-0.1, -0.05) is 15.9 Å². The molecule has 0 spiro atoms. The van der Waals surface area contributed by atoms with Crippen molar-refractivity contribution in [1.82, 2.24) is 4.98 Å². The highest BCUT2D eigenvalue weighted by molar-refractivity contribution is 9.08. The van der Waals surface area contributed by atoms with Crippen LogP contribution in [0.25, 0.3) is 0 Å². The van der Waals surface area contributed by atoms with Crippen molar-refractivity contribution in [1.29, 1.82) is 0 Å². The van der Waals surface area contributed by atoms with Gasteiger partial charge < -0.3 is 10.1 Å². The van der Waals surface area contributed by atoms with Crippen molar-refractivity contribution >= 4 is 21.7 Å². The molecule has 8 heteroatoms. The average Bonchev–Trinajstić information content (AvgIpc) is 2.16. The monoisotopic (exact) mass is 282 g/mol. The predicted octanol–water partition coefficient (Wildman–Crippen LogP) is 2.12. The summed E-state index contributed by atoms with van der Waals surface area (Å²) >= 11 is 2.87. The van der Waals surface area contributed by atoms with Gasteiger partial charge in [-0.3, -0.25) is 4.79 Å². The average molecular weight is 283 g/mol. The van der Waals surface area contributed by atoms with Crippen LogP contribution in [0.15, 0.2) is 10.9 Å². The maximum atomic E-state index is 12.4. The Bertz CT molecular complexity index is 446. The van der Waals surface area contributed by atoms with Gasteiger partial charge in [-0.15, -0.1) is 0 Å². The Labute approximate surface area is 90.4 Å². The minimum Gasteiger partial charge on any atom is -0.358 e. The highest BCUT2D eigenvalue weighted by atomic mass is 79.9. The number of H-pyrrole nitrogens is 1. The number of rotatable bonds is 3. The van der Waals surface area contributed by atoms with E-state index >= 15 is 0 Å². The first-order valence-corrected chi connectivity index (χ1v) is 4.84. The fourth-order valence-electron chi connectivity index (χ4n) is 1.02. The second-order valence-electron chi connectivity index (χ2n) is 2.60. The molecule has 5 nitrogen and oxygen atoms in total. The Morgan fingerprint density at radius 2 is 2.20 bits per heavy atom. The van der Waals surface area contributed by atoms with Gasteiger partial charge in [0.25, 0.3) is 6.43 Å². The molecule has 0 radical (unpaired) electrons. The van der Waals surface area contributed by atoms with E-state index < -0.39 is 28.3 Å². The molecular weight excluding hydrogens is 278 g/mol. The lowest BCUT2D eigenvalue weighted by atomic mass is 10.2. The van der Waals surface area contributed by atoms with Crippen molar-refractivity contribution in [3.05, 3.63) is 37.7 Å². The van der Waals surface area contributed by atoms with Crippen LogP contribution in [0.1, 0.15) is 17.7 Å². The second kappa shape index (κ2) is 4.47. The third-order valence-corrected chi connectivity index (χ3v) is 2.26. The minimum atomic E-state index is -2.95. The smallest absolute Gasteiger partial charge is 0.325 e. The minimum absolute atomic E-state index is 0.0833. The summed E-state index contributed by atoms with van der Waals surface area (Å²) in [5.74, 6) is -0.736. The SMILES string of the molecule is O=c1cc([N+](=O)[O-])[nH]c(C(F)F)c1CBr. The molecule has 82 valence electrons. The molecule has 0 aliphatic heterocycles. The van der Waals surface area contributed by atoms with Crippen molar-refractivity contribution < 1.29 is 13.7 Å². The maximum Gasteiger partial charge on any atom is 0.325 e. The summed E-state index contributed by atoms with van der Waals surface area (Å²) in [4.78, 5) is 22.5. The van der Waals surface area contributed by atoms with E-state index in [0.717, 1.165) is 0 Å². The summed E-state index contributed by atoms with van der Waals surface area (Å²) in [6.07, 6.45) is -2.95. The van der Waals surface area contributed by atoms with E-state index in [1.54, 1.807) is 0 Å². The van der Waals surface area contributed by atoms with Crippen LogP contribution in [-0.4, -0.2) is 9.91 Å². The Kier molecular flexibility index (Phi) is 3.51. The third-order valence-electron chi connectivity index (χ3n) is 1.70. The number of aromatic nitrogens is 1. The number of aromatic amines is 1. The number of halogens is 3. The van der Waals surface area contributed by atoms with Gasteiger partial charge in [-0.05, 0) is 4.92 Å². The second-order valence-corrected chi connectivity index (χ2v) is 3.16. The number of nitrogens with zero attached hydrogens (tertiary/aromatic N) is 1. The molecular formula is C7H5BrF2N2O3. The summed E-state index contributed by atoms with van der Waals surface area (Å²) in [6, 6.07) is 0.683. The summed E-state index contributed by atoms with van der Waals surface area (Å²) in [6.45, 7) is 0. The summed E-state index contributed by atoms with van der Waals surface area (Å²) < 4.78 is 24.8. The van der Waals surface area contributed by atoms with Crippen molar-refractivity contribution in [3.8, 4) is 0 Å². The molecule has 15 heavy (non-hydrogen) atoms. The first kappa shape index (κ1) is 11.8. The Morgan fingerprint density at radius 3 is 2.60 bits per heavy atom. The molecule has 0 bridgehead atoms. The molecule has 0 unspecified atom stereocenters. The van der Waals surface area contributed by atoms with Crippen LogP contribution in [0.2, 0.25) is 0 Å². The van der Waals surface area contributed by atoms with E-state index in [4.69, 9.17) is 0 Å². The standard InChI is InChI=1S/C7H5BrF2N2O3/c8-2-3-4(13)1-5(12(14)15)11-6(3)7(9)10/h1,7H,2H2,(H,11,13). The third kappa shape index (κ3) is 2.38. The lowest BCUT2D eigenvalue weighted by Gasteiger charge is -2.03. The fourth-order valence-corrected chi connectivity index (χ4v) is 1.59. The van der Waals surface area contributed by atoms with Gasteiger partial charge in [-0.25, -0.2) is 13.8 Å². The molecule has 0 saturated carbocycles. The van der Waals surface area contributed by atoms with Gasteiger partial charge >= 0.3 is 5.82 Å². The van der Waals surface area contributed by atoms with Gasteiger partial charge in [0.1, 0.15) is 0 Å². The van der Waals surface area contributed by atoms with Crippen molar-refractivity contribution in [2.45, 2.75) is 11.8 Å². The summed E-state index contributed by atoms with van der Waals surface area (Å²) in [5.41, 5.74) is -1.70. The maximum absolute atomic E-state index is 12.4. The molecule has 1 rings (SSSR count). The van der Waals surface area contributed by atoms with Crippen LogP contribution in [0.4, 0.5) is 14.6 Å². The van der Waals surface area contributed by atoms with E-state index in [1.807, 2.05) is 4.98 Å². The Balaban J connectivity index is 3.46. The topological polar surface area (TPSA) is 76.0 Å². The summed E-state index contributed by atoms with van der Waals surface area (Å²) in [5, 5.41) is 10.2. The van der Waals surface area contributed by atoms with Crippen LogP contribution >= 0.6 is 15.9 Å². The zero-order chi connectivity index (χ0) is 11.6. The summed E-state index contributed by atoms with van der Waals surface area (Å²) in [7, 11) is 0. The van der Waals surface area contributed by atoms with Crippen LogP contribution in [0, 0.1) is 10.1 Å². The first-order chi connectivity index (χ1) is 6.97. The van der Waals surface area contributed by atoms with Gasteiger partial charge in [0, 0.05) is 5.33 Å². The van der Waals surface area contributed by atoms with E-state index in [1.165, 1.54) is 0 Å². The van der Waals surface area contributed by atoms with E-state index in [2.05, 4.69) is 15.9 Å². The first-order valence-electron chi connectivity index (χ1n) is 3.72. The molecule has 0 saturated heterocycles. The molecule has 1 aromatic heterocycles. The van der Waals surface area contributed by atoms with Crippen LogP contribution in [0.5, 0.6) is 0 Å². The number of pyridine rings is 1. The van der Waals surface area contributed by atoms with Crippen LogP contribution in [0.3, 0.4) is 0 Å². The van der Waals surface area contributed by atoms with Crippen LogP contribution in [-0.2, 0) is 5.33 Å². The number of alkyl halides is 3. The van der Waals surface area contributed by atoms with Gasteiger partial charge in [-0.2, -0.15) is 0 Å². The molecule has 0 amide bonds. The van der Waals surface area contributed by atoms with Gasteiger partial charge in [0.05, 0.1) is 11.6 Å². The lowest BCUT2D eigenvalue weighted by Crippen LogP contribution is -2.14. The largest absolute Gasteiger partial charge is 0.358 e. The normalized spacial score (nSPS) is 10.7. The number of nitro groups is 1. The highest BCUT2D eigenvalue weighted by Crippen LogP contribution is 2.22. The number of hydrogen-bond donors (Lipinski definition) is 1. The van der Waals surface area contributed by atoms with E-state index in [9.17, 15) is 23.7 Å². The number of nitrogens with one attached hydrogen (secondary N) is 1. The van der Waals surface area contributed by atoms with Crippen molar-refractivity contribution in [2.24, 2.45) is 0 Å².